The lowest BCUT2D eigenvalue weighted by molar-refractivity contribution is -0.150. The second-order valence-electron chi connectivity index (χ2n) is 14.9. The van der Waals surface area contributed by atoms with Gasteiger partial charge in [0.2, 0.25) is 0 Å². The summed E-state index contributed by atoms with van der Waals surface area (Å²) in [7, 11) is 0. The number of ether oxygens (including phenoxy) is 1. The minimum absolute atomic E-state index is 0.00226. The van der Waals surface area contributed by atoms with Gasteiger partial charge < -0.3 is 9.84 Å². The van der Waals surface area contributed by atoms with E-state index < -0.39 is 5.97 Å². The molecule has 0 fully saturated rings. The molecule has 288 valence electrons. The van der Waals surface area contributed by atoms with E-state index in [2.05, 4.69) is 38.2 Å². The molecule has 0 heterocycles. The van der Waals surface area contributed by atoms with Crippen LogP contribution in [0.25, 0.3) is 0 Å². The number of rotatable bonds is 40. The number of esters is 1. The number of carboxylic acid groups (broad SMARTS) is 1. The van der Waals surface area contributed by atoms with Gasteiger partial charge in [0.05, 0.1) is 0 Å². The van der Waals surface area contributed by atoms with Crippen molar-refractivity contribution in [2.24, 2.45) is 0 Å². The SMILES string of the molecule is CCCCC/C=C\C/C=C\CCCCCCCCCCCC(=O)OC(CCCCCCCCCCCCCC)CCCCCCCC(=O)O. The van der Waals surface area contributed by atoms with Crippen molar-refractivity contribution in [2.45, 2.75) is 251 Å². The number of aliphatic carboxylic acids is 1. The van der Waals surface area contributed by atoms with Gasteiger partial charge in [0.25, 0.3) is 0 Å². The number of unbranched alkanes of at least 4 members (excludes halogenated alkanes) is 27. The quantitative estimate of drug-likeness (QED) is 0.0395. The van der Waals surface area contributed by atoms with Crippen molar-refractivity contribution >= 4 is 11.9 Å². The van der Waals surface area contributed by atoms with Gasteiger partial charge >= 0.3 is 11.9 Å². The molecular weight excluding hydrogens is 604 g/mol. The molecule has 0 spiro atoms. The molecule has 0 aliphatic carbocycles. The summed E-state index contributed by atoms with van der Waals surface area (Å²) < 4.78 is 6.02. The van der Waals surface area contributed by atoms with Crippen molar-refractivity contribution in [3.8, 4) is 0 Å². The molecule has 1 N–H and O–H groups in total. The zero-order valence-electron chi connectivity index (χ0n) is 33.0. The van der Waals surface area contributed by atoms with Crippen molar-refractivity contribution in [3.63, 3.8) is 0 Å². The molecule has 0 radical (unpaired) electrons. The Kier molecular flexibility index (Phi) is 39.5. The molecule has 1 unspecified atom stereocenters. The average molecular weight is 689 g/mol. The van der Waals surface area contributed by atoms with Gasteiger partial charge in [-0.2, -0.15) is 0 Å². The maximum absolute atomic E-state index is 12.7. The molecule has 0 aromatic heterocycles. The first-order valence-corrected chi connectivity index (χ1v) is 21.8. The van der Waals surface area contributed by atoms with Gasteiger partial charge in [0.15, 0.2) is 0 Å². The van der Waals surface area contributed by atoms with E-state index >= 15 is 0 Å². The van der Waals surface area contributed by atoms with Crippen LogP contribution in [0.3, 0.4) is 0 Å². The van der Waals surface area contributed by atoms with Crippen LogP contribution in [0.4, 0.5) is 0 Å². The third-order valence-electron chi connectivity index (χ3n) is 9.93. The topological polar surface area (TPSA) is 63.6 Å². The third kappa shape index (κ3) is 40.7. The van der Waals surface area contributed by atoms with Crippen LogP contribution < -0.4 is 0 Å². The first-order chi connectivity index (χ1) is 24.1. The molecule has 4 nitrogen and oxygen atoms in total. The summed E-state index contributed by atoms with van der Waals surface area (Å²) in [5.74, 6) is -0.696. The maximum atomic E-state index is 12.7. The molecule has 0 amide bonds. The van der Waals surface area contributed by atoms with Crippen molar-refractivity contribution in [3.05, 3.63) is 24.3 Å². The fraction of sp³-hybridized carbons (Fsp3) is 0.867. The summed E-state index contributed by atoms with van der Waals surface area (Å²) in [4.78, 5) is 23.4. The molecule has 0 bridgehead atoms. The molecule has 49 heavy (non-hydrogen) atoms. The van der Waals surface area contributed by atoms with Crippen molar-refractivity contribution < 1.29 is 19.4 Å². The number of allylic oxidation sites excluding steroid dienone is 4. The van der Waals surface area contributed by atoms with Crippen LogP contribution in [0.2, 0.25) is 0 Å². The Morgan fingerprint density at radius 3 is 1.24 bits per heavy atom. The Labute approximate surface area is 306 Å². The Hall–Kier alpha value is -1.58. The molecule has 0 aliphatic heterocycles. The lowest BCUT2D eigenvalue weighted by atomic mass is 10.0. The smallest absolute Gasteiger partial charge is 0.306 e. The number of carboxylic acids is 1. The Balaban J connectivity index is 3.95. The second-order valence-corrected chi connectivity index (χ2v) is 14.9. The highest BCUT2D eigenvalue weighted by atomic mass is 16.5. The summed E-state index contributed by atoms with van der Waals surface area (Å²) in [6.45, 7) is 4.54. The van der Waals surface area contributed by atoms with Crippen LogP contribution in [-0.4, -0.2) is 23.1 Å². The standard InChI is InChI=1S/C45H84O4/c1-3-5-7-9-11-13-15-17-18-19-20-21-22-23-25-27-29-34-38-42-45(48)49-43(40-36-32-30-33-37-41-44(46)47)39-35-31-28-26-24-16-14-12-10-8-6-4-2/h11,13,17-18,43H,3-10,12,14-16,19-42H2,1-2H3,(H,46,47)/b13-11-,18-17-. The van der Waals surface area contributed by atoms with E-state index in [9.17, 15) is 9.59 Å². The molecule has 4 heteroatoms. The van der Waals surface area contributed by atoms with Crippen LogP contribution in [0, 0.1) is 0 Å². The van der Waals surface area contributed by atoms with Crippen LogP contribution >= 0.6 is 0 Å². The minimum atomic E-state index is -0.698. The van der Waals surface area contributed by atoms with E-state index in [1.807, 2.05) is 0 Å². The first-order valence-electron chi connectivity index (χ1n) is 21.8. The van der Waals surface area contributed by atoms with Crippen LogP contribution in [0.15, 0.2) is 24.3 Å². The Bertz CT molecular complexity index is 742. The number of hydrogen-bond donors (Lipinski definition) is 1. The molecule has 1 atom stereocenters. The monoisotopic (exact) mass is 689 g/mol. The van der Waals surface area contributed by atoms with Gasteiger partial charge in [-0.15, -0.1) is 0 Å². The average Bonchev–Trinajstić information content (AvgIpc) is 3.09. The normalized spacial score (nSPS) is 12.4. The fourth-order valence-corrected chi connectivity index (χ4v) is 6.69. The molecule has 0 aromatic carbocycles. The van der Waals surface area contributed by atoms with Crippen molar-refractivity contribution in [1.82, 2.24) is 0 Å². The summed E-state index contributed by atoms with van der Waals surface area (Å²) in [5.41, 5.74) is 0. The molecule has 0 saturated carbocycles. The van der Waals surface area contributed by atoms with Gasteiger partial charge in [0, 0.05) is 12.8 Å². The van der Waals surface area contributed by atoms with Gasteiger partial charge in [-0.25, -0.2) is 0 Å². The van der Waals surface area contributed by atoms with E-state index in [1.54, 1.807) is 0 Å². The Morgan fingerprint density at radius 2 is 0.796 bits per heavy atom. The summed E-state index contributed by atoms with van der Waals surface area (Å²) >= 11 is 0. The van der Waals surface area contributed by atoms with Crippen LogP contribution in [0.1, 0.15) is 245 Å². The van der Waals surface area contributed by atoms with E-state index in [0.717, 1.165) is 70.6 Å². The van der Waals surface area contributed by atoms with Crippen LogP contribution in [-0.2, 0) is 14.3 Å². The van der Waals surface area contributed by atoms with E-state index in [-0.39, 0.29) is 18.5 Å². The molecule has 0 saturated heterocycles. The maximum Gasteiger partial charge on any atom is 0.306 e. The fourth-order valence-electron chi connectivity index (χ4n) is 6.69. The van der Waals surface area contributed by atoms with E-state index in [1.165, 1.54) is 148 Å². The van der Waals surface area contributed by atoms with Gasteiger partial charge in [-0.1, -0.05) is 186 Å². The zero-order chi connectivity index (χ0) is 35.7. The molecule has 0 aliphatic rings. The highest BCUT2D eigenvalue weighted by Gasteiger charge is 2.14. The van der Waals surface area contributed by atoms with Gasteiger partial charge in [0.1, 0.15) is 6.10 Å². The Morgan fingerprint density at radius 1 is 0.449 bits per heavy atom. The highest BCUT2D eigenvalue weighted by molar-refractivity contribution is 5.69. The largest absolute Gasteiger partial charge is 0.481 e. The molecule has 0 aromatic rings. The van der Waals surface area contributed by atoms with Crippen molar-refractivity contribution in [1.29, 1.82) is 0 Å². The molecular formula is C45H84O4. The van der Waals surface area contributed by atoms with Crippen LogP contribution in [0.5, 0.6) is 0 Å². The minimum Gasteiger partial charge on any atom is -0.481 e. The lowest BCUT2D eigenvalue weighted by Crippen LogP contribution is -2.18. The third-order valence-corrected chi connectivity index (χ3v) is 9.93. The summed E-state index contributed by atoms with van der Waals surface area (Å²) in [6, 6.07) is 0. The van der Waals surface area contributed by atoms with Gasteiger partial charge in [-0.3, -0.25) is 9.59 Å². The summed E-state index contributed by atoms with van der Waals surface area (Å²) in [5, 5.41) is 8.83. The second kappa shape index (κ2) is 40.8. The predicted molar refractivity (Wildman–Crippen MR) is 213 cm³/mol. The lowest BCUT2D eigenvalue weighted by Gasteiger charge is -2.18. The van der Waals surface area contributed by atoms with Gasteiger partial charge in [-0.05, 0) is 70.6 Å². The number of carbonyl (C=O) groups is 2. The first kappa shape index (κ1) is 47.4. The zero-order valence-corrected chi connectivity index (χ0v) is 33.0. The van der Waals surface area contributed by atoms with Crippen molar-refractivity contribution in [2.75, 3.05) is 0 Å². The van der Waals surface area contributed by atoms with E-state index in [4.69, 9.17) is 9.84 Å². The number of hydrogen-bond acceptors (Lipinski definition) is 3. The predicted octanol–water partition coefficient (Wildman–Crippen LogP) is 15.2. The van der Waals surface area contributed by atoms with E-state index in [0.29, 0.717) is 6.42 Å². The highest BCUT2D eigenvalue weighted by Crippen LogP contribution is 2.19. The summed E-state index contributed by atoms with van der Waals surface area (Å²) in [6.07, 6.45) is 52.0. The molecule has 0 rings (SSSR count). The number of carbonyl (C=O) groups excluding carboxylic acids is 1.